The number of hydrogen-bond donors (Lipinski definition) is 1. The number of hydrogen-bond acceptors (Lipinski definition) is 1. The first-order valence-corrected chi connectivity index (χ1v) is 6.39. The standard InChI is InChI=1S/C15H13ClF3N/c1-8-3-4-9(16)5-10(8)15(20-2)11-6-13(18)14(19)7-12(11)17/h3-7,15,20H,1-2H3. The molecule has 0 bridgehead atoms. The van der Waals surface area contributed by atoms with Crippen molar-refractivity contribution in [3.8, 4) is 0 Å². The maximum absolute atomic E-state index is 13.9. The Balaban J connectivity index is 2.58. The van der Waals surface area contributed by atoms with E-state index in [0.29, 0.717) is 16.7 Å². The predicted octanol–water partition coefficient (Wildman–Crippen LogP) is 4.37. The van der Waals surface area contributed by atoms with Crippen molar-refractivity contribution in [1.82, 2.24) is 5.32 Å². The highest BCUT2D eigenvalue weighted by Crippen LogP contribution is 2.29. The molecule has 0 aliphatic carbocycles. The van der Waals surface area contributed by atoms with Crippen LogP contribution in [-0.2, 0) is 0 Å². The van der Waals surface area contributed by atoms with Crippen LogP contribution in [0.15, 0.2) is 30.3 Å². The molecule has 1 nitrogen and oxygen atoms in total. The molecule has 5 heteroatoms. The van der Waals surface area contributed by atoms with Crippen LogP contribution < -0.4 is 5.32 Å². The molecule has 1 unspecified atom stereocenters. The third-order valence-electron chi connectivity index (χ3n) is 3.19. The SMILES string of the molecule is CNC(c1cc(Cl)ccc1C)c1cc(F)c(F)cc1F. The lowest BCUT2D eigenvalue weighted by atomic mass is 9.94. The number of benzene rings is 2. The van der Waals surface area contributed by atoms with Gasteiger partial charge >= 0.3 is 0 Å². The third kappa shape index (κ3) is 2.81. The highest BCUT2D eigenvalue weighted by molar-refractivity contribution is 6.30. The molecule has 0 fully saturated rings. The molecule has 0 aliphatic rings. The summed E-state index contributed by atoms with van der Waals surface area (Å²) in [5.41, 5.74) is 1.62. The summed E-state index contributed by atoms with van der Waals surface area (Å²) in [6.07, 6.45) is 0. The van der Waals surface area contributed by atoms with E-state index in [2.05, 4.69) is 5.32 Å². The van der Waals surface area contributed by atoms with Crippen LogP contribution in [0.1, 0.15) is 22.7 Å². The normalized spacial score (nSPS) is 12.5. The number of aryl methyl sites for hydroxylation is 1. The van der Waals surface area contributed by atoms with Crippen molar-refractivity contribution in [2.75, 3.05) is 7.05 Å². The first-order chi connectivity index (χ1) is 9.43. The Hall–Kier alpha value is -1.52. The number of rotatable bonds is 3. The van der Waals surface area contributed by atoms with Gasteiger partial charge in [0.25, 0.3) is 0 Å². The summed E-state index contributed by atoms with van der Waals surface area (Å²) in [6, 6.07) is 6.00. The largest absolute Gasteiger partial charge is 0.309 e. The van der Waals surface area contributed by atoms with Gasteiger partial charge in [0, 0.05) is 16.7 Å². The Morgan fingerprint density at radius 2 is 1.60 bits per heavy atom. The summed E-state index contributed by atoms with van der Waals surface area (Å²) in [5, 5.41) is 3.40. The van der Waals surface area contributed by atoms with Crippen LogP contribution in [-0.4, -0.2) is 7.05 Å². The molecule has 1 atom stereocenters. The van der Waals surface area contributed by atoms with Crippen molar-refractivity contribution in [3.63, 3.8) is 0 Å². The Morgan fingerprint density at radius 1 is 0.950 bits per heavy atom. The van der Waals surface area contributed by atoms with E-state index in [1.165, 1.54) is 0 Å². The van der Waals surface area contributed by atoms with Crippen molar-refractivity contribution in [3.05, 3.63) is 69.5 Å². The van der Waals surface area contributed by atoms with E-state index in [1.807, 2.05) is 6.92 Å². The Bertz CT molecular complexity index is 643. The van der Waals surface area contributed by atoms with Gasteiger partial charge in [0.05, 0.1) is 6.04 Å². The molecule has 2 aromatic rings. The molecule has 20 heavy (non-hydrogen) atoms. The molecule has 0 radical (unpaired) electrons. The minimum absolute atomic E-state index is 0.0387. The average Bonchev–Trinajstić information content (AvgIpc) is 2.40. The van der Waals surface area contributed by atoms with E-state index in [4.69, 9.17) is 11.6 Å². The predicted molar refractivity (Wildman–Crippen MR) is 73.4 cm³/mol. The molecule has 0 saturated heterocycles. The molecular formula is C15H13ClF3N. The summed E-state index contributed by atoms with van der Waals surface area (Å²) in [6.45, 7) is 1.84. The van der Waals surface area contributed by atoms with Gasteiger partial charge in [-0.25, -0.2) is 13.2 Å². The molecule has 0 heterocycles. The molecule has 0 amide bonds. The fourth-order valence-electron chi connectivity index (χ4n) is 2.16. The van der Waals surface area contributed by atoms with Crippen molar-refractivity contribution >= 4 is 11.6 Å². The van der Waals surface area contributed by atoms with Gasteiger partial charge in [0.2, 0.25) is 0 Å². The summed E-state index contributed by atoms with van der Waals surface area (Å²) < 4.78 is 40.3. The Morgan fingerprint density at radius 3 is 2.25 bits per heavy atom. The number of halogens is 4. The quantitative estimate of drug-likeness (QED) is 0.830. The summed E-state index contributed by atoms with van der Waals surface area (Å²) >= 11 is 5.95. The molecule has 1 N–H and O–H groups in total. The molecule has 2 aromatic carbocycles. The molecule has 0 aromatic heterocycles. The zero-order valence-electron chi connectivity index (χ0n) is 11.0. The van der Waals surface area contributed by atoms with Crippen molar-refractivity contribution in [1.29, 1.82) is 0 Å². The van der Waals surface area contributed by atoms with Crippen LogP contribution in [0.5, 0.6) is 0 Å². The van der Waals surface area contributed by atoms with E-state index in [1.54, 1.807) is 25.2 Å². The highest BCUT2D eigenvalue weighted by Gasteiger charge is 2.20. The topological polar surface area (TPSA) is 12.0 Å². The Labute approximate surface area is 120 Å². The van der Waals surface area contributed by atoms with E-state index in [-0.39, 0.29) is 5.56 Å². The molecule has 0 aliphatic heterocycles. The van der Waals surface area contributed by atoms with Gasteiger partial charge in [0.15, 0.2) is 11.6 Å². The summed E-state index contributed by atoms with van der Waals surface area (Å²) in [5.74, 6) is -3.09. The molecule has 0 spiro atoms. The van der Waals surface area contributed by atoms with Crippen LogP contribution in [0.25, 0.3) is 0 Å². The first kappa shape index (κ1) is 14.9. The van der Waals surface area contributed by atoms with Gasteiger partial charge in [-0.3, -0.25) is 0 Å². The zero-order valence-corrected chi connectivity index (χ0v) is 11.7. The lowest BCUT2D eigenvalue weighted by molar-refractivity contribution is 0.483. The van der Waals surface area contributed by atoms with Crippen LogP contribution >= 0.6 is 11.6 Å². The third-order valence-corrected chi connectivity index (χ3v) is 3.43. The molecule has 2 rings (SSSR count). The maximum atomic E-state index is 13.9. The van der Waals surface area contributed by atoms with E-state index in [9.17, 15) is 13.2 Å². The second kappa shape index (κ2) is 5.85. The van der Waals surface area contributed by atoms with Crippen molar-refractivity contribution < 1.29 is 13.2 Å². The monoisotopic (exact) mass is 299 g/mol. The van der Waals surface area contributed by atoms with Crippen LogP contribution in [0, 0.1) is 24.4 Å². The summed E-state index contributed by atoms with van der Waals surface area (Å²) in [7, 11) is 1.62. The Kier molecular flexibility index (Phi) is 4.35. The first-order valence-electron chi connectivity index (χ1n) is 6.01. The van der Waals surface area contributed by atoms with Crippen molar-refractivity contribution in [2.24, 2.45) is 0 Å². The summed E-state index contributed by atoms with van der Waals surface area (Å²) in [4.78, 5) is 0. The molecule has 0 saturated carbocycles. The van der Waals surface area contributed by atoms with Gasteiger partial charge in [-0.15, -0.1) is 0 Å². The lowest BCUT2D eigenvalue weighted by Crippen LogP contribution is -2.20. The van der Waals surface area contributed by atoms with Gasteiger partial charge < -0.3 is 5.32 Å². The van der Waals surface area contributed by atoms with E-state index >= 15 is 0 Å². The van der Waals surface area contributed by atoms with Crippen molar-refractivity contribution in [2.45, 2.75) is 13.0 Å². The smallest absolute Gasteiger partial charge is 0.161 e. The number of nitrogens with one attached hydrogen (secondary N) is 1. The molecular weight excluding hydrogens is 287 g/mol. The van der Waals surface area contributed by atoms with E-state index < -0.39 is 23.5 Å². The van der Waals surface area contributed by atoms with Crippen LogP contribution in [0.4, 0.5) is 13.2 Å². The lowest BCUT2D eigenvalue weighted by Gasteiger charge is -2.20. The van der Waals surface area contributed by atoms with Gasteiger partial charge in [-0.05, 0) is 43.3 Å². The minimum Gasteiger partial charge on any atom is -0.309 e. The van der Waals surface area contributed by atoms with E-state index in [0.717, 1.165) is 11.6 Å². The van der Waals surface area contributed by atoms with Crippen LogP contribution in [0.2, 0.25) is 5.02 Å². The van der Waals surface area contributed by atoms with Gasteiger partial charge in [0.1, 0.15) is 5.82 Å². The fraction of sp³-hybridized carbons (Fsp3) is 0.200. The van der Waals surface area contributed by atoms with Gasteiger partial charge in [-0.2, -0.15) is 0 Å². The minimum atomic E-state index is -1.20. The molecule has 106 valence electrons. The second-order valence-corrected chi connectivity index (χ2v) is 4.95. The van der Waals surface area contributed by atoms with Crippen LogP contribution in [0.3, 0.4) is 0 Å². The average molecular weight is 300 g/mol. The maximum Gasteiger partial charge on any atom is 0.161 e. The second-order valence-electron chi connectivity index (χ2n) is 4.51. The highest BCUT2D eigenvalue weighted by atomic mass is 35.5. The fourth-order valence-corrected chi connectivity index (χ4v) is 2.34. The van der Waals surface area contributed by atoms with Gasteiger partial charge in [-0.1, -0.05) is 17.7 Å². The zero-order chi connectivity index (χ0) is 14.9.